The Bertz CT molecular complexity index is 634. The lowest BCUT2D eigenvalue weighted by Crippen LogP contribution is -2.50. The average Bonchev–Trinajstić information content (AvgIpc) is 3.04. The maximum atomic E-state index is 11.6. The Balaban J connectivity index is 1.70. The van der Waals surface area contributed by atoms with E-state index in [1.165, 1.54) is 0 Å². The normalized spacial score (nSPS) is 23.0. The Morgan fingerprint density at radius 2 is 2.00 bits per heavy atom. The van der Waals surface area contributed by atoms with Gasteiger partial charge < -0.3 is 10.6 Å². The number of likely N-dealkylation sites (tertiary alicyclic amines) is 1. The molecule has 1 unspecified atom stereocenters. The number of hydrogen-bond acceptors (Lipinski definition) is 4. The molecule has 2 aliphatic heterocycles. The van der Waals surface area contributed by atoms with Gasteiger partial charge in [-0.3, -0.25) is 9.69 Å². The summed E-state index contributed by atoms with van der Waals surface area (Å²) in [4.78, 5) is 16.0. The minimum atomic E-state index is -0.206. The van der Waals surface area contributed by atoms with Gasteiger partial charge in [0.25, 0.3) is 0 Å². The lowest BCUT2D eigenvalue weighted by Gasteiger charge is -2.40. The maximum absolute atomic E-state index is 11.6. The fourth-order valence-corrected chi connectivity index (χ4v) is 4.17. The van der Waals surface area contributed by atoms with Gasteiger partial charge in [0.2, 0.25) is 5.91 Å². The first-order valence-electron chi connectivity index (χ1n) is 8.10. The van der Waals surface area contributed by atoms with Crippen LogP contribution in [0.1, 0.15) is 31.2 Å². The summed E-state index contributed by atoms with van der Waals surface area (Å²) < 4.78 is 0. The fraction of sp³-hybridized carbons (Fsp3) is 0.529. The van der Waals surface area contributed by atoms with E-state index >= 15 is 0 Å². The number of primary amides is 1. The van der Waals surface area contributed by atoms with E-state index < -0.39 is 0 Å². The van der Waals surface area contributed by atoms with Crippen LogP contribution in [0.3, 0.4) is 0 Å². The van der Waals surface area contributed by atoms with E-state index in [4.69, 9.17) is 17.3 Å². The second-order valence-electron chi connectivity index (χ2n) is 6.26. The van der Waals surface area contributed by atoms with Crippen LogP contribution in [0.5, 0.6) is 0 Å². The third-order valence-electron chi connectivity index (χ3n) is 4.98. The van der Waals surface area contributed by atoms with Gasteiger partial charge in [0.05, 0.1) is 22.3 Å². The van der Waals surface area contributed by atoms with Crippen molar-refractivity contribution >= 4 is 23.2 Å². The zero-order valence-electron chi connectivity index (χ0n) is 13.0. The number of carbonyl (C=O) groups is 1. The van der Waals surface area contributed by atoms with Gasteiger partial charge in [0.1, 0.15) is 6.07 Å². The highest BCUT2D eigenvalue weighted by molar-refractivity contribution is 6.33. The summed E-state index contributed by atoms with van der Waals surface area (Å²) in [5.41, 5.74) is 6.98. The number of hydrogen-bond donors (Lipinski definition) is 1. The van der Waals surface area contributed by atoms with Crippen LogP contribution in [0.25, 0.3) is 0 Å². The molecular formula is C17H21ClN4O. The Kier molecular flexibility index (Phi) is 4.74. The summed E-state index contributed by atoms with van der Waals surface area (Å²) in [7, 11) is 0. The van der Waals surface area contributed by atoms with Crippen LogP contribution < -0.4 is 10.6 Å². The molecule has 2 N–H and O–H groups in total. The molecule has 122 valence electrons. The van der Waals surface area contributed by atoms with E-state index in [9.17, 15) is 10.1 Å². The van der Waals surface area contributed by atoms with Crippen molar-refractivity contribution in [2.75, 3.05) is 24.5 Å². The van der Waals surface area contributed by atoms with Crippen LogP contribution in [0.4, 0.5) is 5.69 Å². The first-order chi connectivity index (χ1) is 11.1. The second kappa shape index (κ2) is 6.77. The van der Waals surface area contributed by atoms with Crippen molar-refractivity contribution in [1.82, 2.24) is 4.90 Å². The van der Waals surface area contributed by atoms with Gasteiger partial charge in [0, 0.05) is 19.1 Å². The molecule has 0 aliphatic carbocycles. The monoisotopic (exact) mass is 332 g/mol. The zero-order valence-corrected chi connectivity index (χ0v) is 13.8. The van der Waals surface area contributed by atoms with Crippen molar-refractivity contribution in [2.45, 2.75) is 37.8 Å². The smallest absolute Gasteiger partial charge is 0.234 e. The van der Waals surface area contributed by atoms with E-state index in [1.807, 2.05) is 6.07 Å². The summed E-state index contributed by atoms with van der Waals surface area (Å²) in [6, 6.07) is 7.94. The van der Waals surface area contributed by atoms with Gasteiger partial charge >= 0.3 is 0 Å². The van der Waals surface area contributed by atoms with Gasteiger partial charge in [0.15, 0.2) is 0 Å². The number of nitrogens with two attached hydrogens (primary N) is 1. The summed E-state index contributed by atoms with van der Waals surface area (Å²) in [6.45, 7) is 2.63. The van der Waals surface area contributed by atoms with Crippen molar-refractivity contribution in [2.24, 2.45) is 5.73 Å². The number of rotatable bonds is 3. The Morgan fingerprint density at radius 3 is 2.65 bits per heavy atom. The molecule has 0 aromatic heterocycles. The van der Waals surface area contributed by atoms with Crippen molar-refractivity contribution in [3.63, 3.8) is 0 Å². The highest BCUT2D eigenvalue weighted by Gasteiger charge is 2.36. The summed E-state index contributed by atoms with van der Waals surface area (Å²) in [6.07, 6.45) is 3.83. The molecule has 23 heavy (non-hydrogen) atoms. The van der Waals surface area contributed by atoms with Crippen molar-refractivity contribution in [3.8, 4) is 6.07 Å². The lowest BCUT2D eigenvalue weighted by atomic mass is 10.0. The first-order valence-corrected chi connectivity index (χ1v) is 8.48. The van der Waals surface area contributed by atoms with E-state index in [0.717, 1.165) is 51.0 Å². The average molecular weight is 333 g/mol. The van der Waals surface area contributed by atoms with E-state index in [2.05, 4.69) is 15.9 Å². The molecular weight excluding hydrogens is 312 g/mol. The SMILES string of the molecule is N#Cc1cccc(Cl)c1N1CCC(N2CCCC2C(N)=O)CC1. The Hall–Kier alpha value is -1.77. The molecule has 5 nitrogen and oxygen atoms in total. The minimum Gasteiger partial charge on any atom is -0.369 e. The molecule has 6 heteroatoms. The predicted octanol–water partition coefficient (Wildman–Crippen LogP) is 2.13. The van der Waals surface area contributed by atoms with Crippen LogP contribution >= 0.6 is 11.6 Å². The van der Waals surface area contributed by atoms with Crippen molar-refractivity contribution in [1.29, 1.82) is 5.26 Å². The van der Waals surface area contributed by atoms with Gasteiger partial charge in [-0.15, -0.1) is 0 Å². The number of anilines is 1. The minimum absolute atomic E-state index is 0.110. The number of para-hydroxylation sites is 1. The van der Waals surface area contributed by atoms with E-state index in [1.54, 1.807) is 12.1 Å². The fourth-order valence-electron chi connectivity index (χ4n) is 3.88. The molecule has 2 heterocycles. The van der Waals surface area contributed by atoms with Crippen molar-refractivity contribution < 1.29 is 4.79 Å². The summed E-state index contributed by atoms with van der Waals surface area (Å²) >= 11 is 6.31. The molecule has 0 bridgehead atoms. The molecule has 1 aromatic rings. The highest BCUT2D eigenvalue weighted by Crippen LogP contribution is 2.33. The molecule has 2 saturated heterocycles. The number of amides is 1. The van der Waals surface area contributed by atoms with Gasteiger partial charge in [-0.05, 0) is 44.4 Å². The lowest BCUT2D eigenvalue weighted by molar-refractivity contribution is -0.123. The van der Waals surface area contributed by atoms with Crippen LogP contribution in [0, 0.1) is 11.3 Å². The quantitative estimate of drug-likeness (QED) is 0.920. The maximum Gasteiger partial charge on any atom is 0.234 e. The molecule has 2 aliphatic rings. The Labute approximate surface area is 141 Å². The molecule has 1 atom stereocenters. The molecule has 1 amide bonds. The van der Waals surface area contributed by atoms with Crippen molar-refractivity contribution in [3.05, 3.63) is 28.8 Å². The van der Waals surface area contributed by atoms with E-state index in [0.29, 0.717) is 16.6 Å². The van der Waals surface area contributed by atoms with Gasteiger partial charge in [-0.25, -0.2) is 0 Å². The summed E-state index contributed by atoms with van der Waals surface area (Å²) in [5, 5.41) is 9.92. The highest BCUT2D eigenvalue weighted by atomic mass is 35.5. The number of nitrogens with zero attached hydrogens (tertiary/aromatic N) is 3. The molecule has 2 fully saturated rings. The van der Waals surface area contributed by atoms with Crippen LogP contribution in [-0.2, 0) is 4.79 Å². The number of benzene rings is 1. The standard InChI is InChI=1S/C17H21ClN4O/c18-14-4-1-3-12(11-19)16(14)21-9-6-13(7-10-21)22-8-2-5-15(22)17(20)23/h1,3-4,13,15H,2,5-10H2,(H2,20,23). The van der Waals surface area contributed by atoms with Crippen LogP contribution in [0.2, 0.25) is 5.02 Å². The number of nitriles is 1. The topological polar surface area (TPSA) is 73.4 Å². The third kappa shape index (κ3) is 3.15. The first kappa shape index (κ1) is 16.1. The molecule has 0 radical (unpaired) electrons. The van der Waals surface area contributed by atoms with Crippen LogP contribution in [-0.4, -0.2) is 42.5 Å². The summed E-state index contributed by atoms with van der Waals surface area (Å²) in [5.74, 6) is -0.206. The predicted molar refractivity (Wildman–Crippen MR) is 90.3 cm³/mol. The van der Waals surface area contributed by atoms with Gasteiger partial charge in [-0.2, -0.15) is 5.26 Å². The van der Waals surface area contributed by atoms with Crippen LogP contribution in [0.15, 0.2) is 18.2 Å². The largest absolute Gasteiger partial charge is 0.369 e. The molecule has 0 saturated carbocycles. The zero-order chi connectivity index (χ0) is 16.4. The second-order valence-corrected chi connectivity index (χ2v) is 6.67. The molecule has 3 rings (SSSR count). The Morgan fingerprint density at radius 1 is 1.26 bits per heavy atom. The van der Waals surface area contributed by atoms with Gasteiger partial charge in [-0.1, -0.05) is 17.7 Å². The molecule has 1 aromatic carbocycles. The number of carbonyl (C=O) groups excluding carboxylic acids is 1. The number of piperidine rings is 1. The molecule has 0 spiro atoms. The van der Waals surface area contributed by atoms with E-state index in [-0.39, 0.29) is 11.9 Å². The number of halogens is 1. The third-order valence-corrected chi connectivity index (χ3v) is 5.28.